The smallest absolute Gasteiger partial charge is 0.305 e. The first-order chi connectivity index (χ1) is 38.0. The van der Waals surface area contributed by atoms with Crippen molar-refractivity contribution < 1.29 is 24.5 Å². The minimum atomic E-state index is -0.843. The van der Waals surface area contributed by atoms with E-state index in [9.17, 15) is 19.8 Å². The Morgan fingerprint density at radius 3 is 1.04 bits per heavy atom. The summed E-state index contributed by atoms with van der Waals surface area (Å²) in [5.74, 6) is -0.0592. The molecular formula is C71H133NO5. The fourth-order valence-corrected chi connectivity index (χ4v) is 10.5. The van der Waals surface area contributed by atoms with Gasteiger partial charge >= 0.3 is 5.97 Å². The number of unbranched alkanes of at least 4 members (excludes halogenated alkanes) is 47. The van der Waals surface area contributed by atoms with Gasteiger partial charge in [-0.15, -0.1) is 0 Å². The summed E-state index contributed by atoms with van der Waals surface area (Å²) in [7, 11) is 0. The van der Waals surface area contributed by atoms with E-state index in [4.69, 9.17) is 4.74 Å². The SMILES string of the molecule is CCCC/C=C\CCCCCCCC(=O)OCCCCCCCCCCCCC/C=C\C/C=C\CCCCCCCCCCCCCCCCCCCC(=O)NC(CO)C(O)/C=C/CCCCCCCCCCCCCC. The summed E-state index contributed by atoms with van der Waals surface area (Å²) in [5, 5.41) is 23.1. The van der Waals surface area contributed by atoms with E-state index >= 15 is 0 Å². The Kier molecular flexibility index (Phi) is 64.5. The van der Waals surface area contributed by atoms with Crippen molar-refractivity contribution in [2.75, 3.05) is 13.2 Å². The Hall–Kier alpha value is -2.18. The van der Waals surface area contributed by atoms with E-state index in [1.54, 1.807) is 6.08 Å². The standard InChI is InChI=1S/C71H133NO5/c1-3-5-7-9-11-13-15-16-40-44-47-51-55-59-63-69(74)68(67-73)72-70(75)64-60-56-52-48-45-41-38-36-34-32-30-28-26-24-22-20-18-17-19-21-23-25-27-29-31-33-35-37-39-42-46-50-54-58-62-66-77-71(76)65-61-57-53-49-43-14-12-10-8-6-4-2/h10,12,19,21,25,27,59,63,68-69,73-74H,3-9,11,13-18,20,22-24,26,28-58,60-62,64-67H2,1-2H3,(H,72,75)/b12-10-,21-19-,27-25-,63-59+. The second kappa shape index (κ2) is 66.3. The lowest BCUT2D eigenvalue weighted by molar-refractivity contribution is -0.143. The molecular weight excluding hydrogens is 947 g/mol. The van der Waals surface area contributed by atoms with Crippen LogP contribution in [0.15, 0.2) is 48.6 Å². The molecule has 2 atom stereocenters. The first-order valence-corrected chi connectivity index (χ1v) is 34.4. The maximum absolute atomic E-state index is 12.5. The highest BCUT2D eigenvalue weighted by Gasteiger charge is 2.18. The van der Waals surface area contributed by atoms with Crippen molar-refractivity contribution in [3.8, 4) is 0 Å². The Morgan fingerprint density at radius 2 is 0.662 bits per heavy atom. The van der Waals surface area contributed by atoms with Crippen LogP contribution in [-0.2, 0) is 14.3 Å². The number of aliphatic hydroxyl groups excluding tert-OH is 2. The number of rotatable bonds is 64. The molecule has 0 aromatic rings. The number of esters is 1. The third kappa shape index (κ3) is 62.9. The molecule has 0 rings (SSSR count). The molecule has 452 valence electrons. The van der Waals surface area contributed by atoms with Gasteiger partial charge in [0.25, 0.3) is 0 Å². The van der Waals surface area contributed by atoms with Crippen molar-refractivity contribution in [2.45, 2.75) is 379 Å². The lowest BCUT2D eigenvalue weighted by Crippen LogP contribution is -2.45. The van der Waals surface area contributed by atoms with Crippen LogP contribution in [0.25, 0.3) is 0 Å². The topological polar surface area (TPSA) is 95.9 Å². The van der Waals surface area contributed by atoms with E-state index in [0.29, 0.717) is 19.4 Å². The highest BCUT2D eigenvalue weighted by atomic mass is 16.5. The molecule has 77 heavy (non-hydrogen) atoms. The van der Waals surface area contributed by atoms with Crippen LogP contribution in [0.2, 0.25) is 0 Å². The monoisotopic (exact) mass is 1080 g/mol. The number of nitrogens with one attached hydrogen (secondary N) is 1. The normalized spacial score (nSPS) is 12.8. The van der Waals surface area contributed by atoms with Crippen LogP contribution in [0.1, 0.15) is 367 Å². The van der Waals surface area contributed by atoms with Gasteiger partial charge in [0.1, 0.15) is 0 Å². The summed E-state index contributed by atoms with van der Waals surface area (Å²) in [5.41, 5.74) is 0. The van der Waals surface area contributed by atoms with Gasteiger partial charge in [-0.1, -0.05) is 319 Å². The number of carbonyl (C=O) groups excluding carboxylic acids is 2. The molecule has 0 aliphatic rings. The van der Waals surface area contributed by atoms with Crippen LogP contribution in [0, 0.1) is 0 Å². The first-order valence-electron chi connectivity index (χ1n) is 34.4. The Morgan fingerprint density at radius 1 is 0.364 bits per heavy atom. The largest absolute Gasteiger partial charge is 0.466 e. The van der Waals surface area contributed by atoms with Crippen molar-refractivity contribution in [2.24, 2.45) is 0 Å². The van der Waals surface area contributed by atoms with E-state index in [0.717, 1.165) is 51.4 Å². The number of hydrogen-bond donors (Lipinski definition) is 3. The molecule has 0 saturated heterocycles. The maximum Gasteiger partial charge on any atom is 0.305 e. The Bertz CT molecular complexity index is 1290. The highest BCUT2D eigenvalue weighted by molar-refractivity contribution is 5.76. The van der Waals surface area contributed by atoms with E-state index in [1.807, 2.05) is 6.08 Å². The molecule has 3 N–H and O–H groups in total. The predicted octanol–water partition coefficient (Wildman–Crippen LogP) is 22.1. The van der Waals surface area contributed by atoms with Crippen molar-refractivity contribution in [1.82, 2.24) is 5.32 Å². The summed E-state index contributed by atoms with van der Waals surface area (Å²) in [4.78, 5) is 24.5. The molecule has 0 fully saturated rings. The fraction of sp³-hybridized carbons (Fsp3) is 0.859. The number of ether oxygens (including phenoxy) is 1. The zero-order valence-corrected chi connectivity index (χ0v) is 51.7. The van der Waals surface area contributed by atoms with Gasteiger partial charge < -0.3 is 20.3 Å². The van der Waals surface area contributed by atoms with Crippen molar-refractivity contribution in [3.05, 3.63) is 48.6 Å². The molecule has 0 heterocycles. The summed E-state index contributed by atoms with van der Waals surface area (Å²) in [6.07, 6.45) is 86.2. The minimum absolute atomic E-state index is 0.00526. The van der Waals surface area contributed by atoms with Crippen LogP contribution in [0.4, 0.5) is 0 Å². The van der Waals surface area contributed by atoms with Crippen molar-refractivity contribution in [3.63, 3.8) is 0 Å². The number of allylic oxidation sites excluding steroid dienone is 7. The second-order valence-corrected chi connectivity index (χ2v) is 23.5. The molecule has 1 amide bonds. The molecule has 0 spiro atoms. The Balaban J connectivity index is 3.39. The predicted molar refractivity (Wildman–Crippen MR) is 338 cm³/mol. The molecule has 6 heteroatoms. The van der Waals surface area contributed by atoms with Gasteiger partial charge in [-0.3, -0.25) is 9.59 Å². The lowest BCUT2D eigenvalue weighted by Gasteiger charge is -2.20. The lowest BCUT2D eigenvalue weighted by atomic mass is 10.0. The van der Waals surface area contributed by atoms with Gasteiger partial charge in [0.15, 0.2) is 0 Å². The third-order valence-electron chi connectivity index (χ3n) is 15.8. The Labute approximate surface area is 480 Å². The van der Waals surface area contributed by atoms with Gasteiger partial charge in [-0.05, 0) is 83.5 Å². The number of amides is 1. The van der Waals surface area contributed by atoms with Crippen LogP contribution in [0.3, 0.4) is 0 Å². The average molecular weight is 1080 g/mol. The number of hydrogen-bond acceptors (Lipinski definition) is 5. The van der Waals surface area contributed by atoms with Gasteiger partial charge in [-0.25, -0.2) is 0 Å². The molecule has 0 bridgehead atoms. The van der Waals surface area contributed by atoms with Crippen molar-refractivity contribution >= 4 is 11.9 Å². The molecule has 6 nitrogen and oxygen atoms in total. The zero-order valence-electron chi connectivity index (χ0n) is 51.7. The summed E-state index contributed by atoms with van der Waals surface area (Å²) >= 11 is 0. The van der Waals surface area contributed by atoms with Crippen LogP contribution in [0.5, 0.6) is 0 Å². The second-order valence-electron chi connectivity index (χ2n) is 23.5. The van der Waals surface area contributed by atoms with E-state index in [2.05, 4.69) is 55.6 Å². The third-order valence-corrected chi connectivity index (χ3v) is 15.8. The van der Waals surface area contributed by atoms with Gasteiger partial charge in [-0.2, -0.15) is 0 Å². The average Bonchev–Trinajstić information content (AvgIpc) is 3.43. The molecule has 0 aromatic heterocycles. The summed E-state index contributed by atoms with van der Waals surface area (Å²) in [6, 6.07) is -0.626. The summed E-state index contributed by atoms with van der Waals surface area (Å²) < 4.78 is 5.46. The van der Waals surface area contributed by atoms with E-state index in [-0.39, 0.29) is 18.5 Å². The number of carbonyl (C=O) groups is 2. The van der Waals surface area contributed by atoms with Gasteiger partial charge in [0.2, 0.25) is 5.91 Å². The maximum atomic E-state index is 12.5. The number of aliphatic hydroxyl groups is 2. The van der Waals surface area contributed by atoms with Gasteiger partial charge in [0.05, 0.1) is 25.4 Å². The van der Waals surface area contributed by atoms with Gasteiger partial charge in [0, 0.05) is 12.8 Å². The van der Waals surface area contributed by atoms with Crippen LogP contribution < -0.4 is 5.32 Å². The van der Waals surface area contributed by atoms with Crippen LogP contribution in [-0.4, -0.2) is 47.4 Å². The highest BCUT2D eigenvalue weighted by Crippen LogP contribution is 2.18. The molecule has 0 radical (unpaired) electrons. The molecule has 0 aliphatic heterocycles. The molecule has 0 aliphatic carbocycles. The minimum Gasteiger partial charge on any atom is -0.466 e. The van der Waals surface area contributed by atoms with E-state index in [1.165, 1.54) is 289 Å². The first kappa shape index (κ1) is 74.8. The molecule has 0 aromatic carbocycles. The summed E-state index contributed by atoms with van der Waals surface area (Å²) in [6.45, 7) is 4.88. The fourth-order valence-electron chi connectivity index (χ4n) is 10.5. The zero-order chi connectivity index (χ0) is 55.7. The molecule has 0 saturated carbocycles. The molecule has 2 unspecified atom stereocenters. The van der Waals surface area contributed by atoms with Crippen molar-refractivity contribution in [1.29, 1.82) is 0 Å². The van der Waals surface area contributed by atoms with E-state index < -0.39 is 12.1 Å². The van der Waals surface area contributed by atoms with Crippen LogP contribution >= 0.6 is 0 Å². The quantitative estimate of drug-likeness (QED) is 0.0320.